The average Bonchev–Trinajstić information content (AvgIpc) is 2.62. The molecule has 0 amide bonds. The minimum atomic E-state index is -4.92. The van der Waals surface area contributed by atoms with E-state index >= 15 is 0 Å². The molecule has 1 aliphatic heterocycles. The van der Waals surface area contributed by atoms with Crippen molar-refractivity contribution >= 4 is 23.6 Å². The van der Waals surface area contributed by atoms with Gasteiger partial charge in [-0.15, -0.1) is 10.1 Å². The van der Waals surface area contributed by atoms with Crippen LogP contribution < -0.4 is 4.74 Å². The first-order chi connectivity index (χ1) is 13.5. The van der Waals surface area contributed by atoms with Crippen molar-refractivity contribution in [2.45, 2.75) is 32.2 Å². The summed E-state index contributed by atoms with van der Waals surface area (Å²) < 4.78 is 55.3. The fraction of sp³-hybridized carbons (Fsp3) is 0.471. The zero-order valence-corrected chi connectivity index (χ0v) is 16.3. The predicted molar refractivity (Wildman–Crippen MR) is 94.1 cm³/mol. The Morgan fingerprint density at radius 2 is 2.03 bits per heavy atom. The number of halogens is 4. The molecule has 1 aliphatic rings. The van der Waals surface area contributed by atoms with E-state index in [0.717, 1.165) is 6.08 Å². The van der Waals surface area contributed by atoms with Crippen molar-refractivity contribution in [3.8, 4) is 5.75 Å². The van der Waals surface area contributed by atoms with Crippen LogP contribution in [-0.4, -0.2) is 49.8 Å². The van der Waals surface area contributed by atoms with E-state index in [0.29, 0.717) is 16.1 Å². The summed E-state index contributed by atoms with van der Waals surface area (Å²) in [4.78, 5) is 26.9. The lowest BCUT2D eigenvalue weighted by Crippen LogP contribution is -2.42. The van der Waals surface area contributed by atoms with Crippen molar-refractivity contribution in [1.82, 2.24) is 0 Å². The number of hydrogen-bond acceptors (Lipinski definition) is 7. The Kier molecular flexibility index (Phi) is 6.96. The summed E-state index contributed by atoms with van der Waals surface area (Å²) in [6.07, 6.45) is -7.81. The predicted octanol–water partition coefficient (Wildman–Crippen LogP) is 3.43. The van der Waals surface area contributed by atoms with Crippen molar-refractivity contribution in [1.29, 1.82) is 0 Å². The van der Waals surface area contributed by atoms with E-state index in [1.54, 1.807) is 13.8 Å². The fourth-order valence-electron chi connectivity index (χ4n) is 2.71. The van der Waals surface area contributed by atoms with Crippen LogP contribution in [-0.2, 0) is 19.1 Å². The van der Waals surface area contributed by atoms with Gasteiger partial charge in [0.05, 0.1) is 12.2 Å². The second-order valence-corrected chi connectivity index (χ2v) is 6.56. The fourth-order valence-corrected chi connectivity index (χ4v) is 2.87. The van der Waals surface area contributed by atoms with Gasteiger partial charge < -0.3 is 19.0 Å². The lowest BCUT2D eigenvalue weighted by molar-refractivity contribution is -0.759. The summed E-state index contributed by atoms with van der Waals surface area (Å²) in [6, 6.07) is 1.35. The zero-order valence-electron chi connectivity index (χ0n) is 15.5. The van der Waals surface area contributed by atoms with Crippen LogP contribution in [0, 0.1) is 24.0 Å². The molecule has 2 atom stereocenters. The number of rotatable bonds is 7. The molecule has 8 nitrogen and oxygen atoms in total. The Morgan fingerprint density at radius 3 is 2.59 bits per heavy atom. The molecule has 0 saturated carbocycles. The van der Waals surface area contributed by atoms with E-state index in [9.17, 15) is 28.1 Å². The van der Waals surface area contributed by atoms with E-state index in [1.165, 1.54) is 13.2 Å². The van der Waals surface area contributed by atoms with E-state index < -0.39 is 41.6 Å². The number of carbonyl (C=O) groups excluding carboxylic acids is 1. The standard InChI is InChI=1S/C17H17ClF3NO7/c1-8-4-13-11(9(2)14(8)18)5-12(15(29-13)17(19,20)21)16(23)28-10(6-26-3)7-27-22(24)25/h4-5,10,15H,6-7H2,1-3H3/t10?,15-/m0/s1. The molecule has 1 heterocycles. The molecule has 0 aliphatic carbocycles. The van der Waals surface area contributed by atoms with E-state index in [1.807, 2.05) is 0 Å². The van der Waals surface area contributed by atoms with Gasteiger partial charge in [0.1, 0.15) is 18.5 Å². The van der Waals surface area contributed by atoms with Gasteiger partial charge in [0.2, 0.25) is 6.10 Å². The van der Waals surface area contributed by atoms with Crippen LogP contribution in [0.4, 0.5) is 13.2 Å². The molecule has 1 unspecified atom stereocenters. The maximum absolute atomic E-state index is 13.5. The summed E-state index contributed by atoms with van der Waals surface area (Å²) in [6.45, 7) is 2.15. The van der Waals surface area contributed by atoms with Crippen molar-refractivity contribution in [2.24, 2.45) is 0 Å². The quantitative estimate of drug-likeness (QED) is 0.364. The first-order valence-electron chi connectivity index (χ1n) is 8.17. The summed E-state index contributed by atoms with van der Waals surface area (Å²) >= 11 is 6.14. The molecule has 0 spiro atoms. The van der Waals surface area contributed by atoms with Gasteiger partial charge in [-0.2, -0.15) is 13.2 Å². The van der Waals surface area contributed by atoms with Crippen LogP contribution in [0.5, 0.6) is 5.75 Å². The van der Waals surface area contributed by atoms with E-state index in [-0.39, 0.29) is 17.9 Å². The molecule has 0 N–H and O–H groups in total. The van der Waals surface area contributed by atoms with Gasteiger partial charge >= 0.3 is 12.1 Å². The summed E-state index contributed by atoms with van der Waals surface area (Å²) in [5, 5.41) is 9.52. The van der Waals surface area contributed by atoms with Crippen LogP contribution in [0.15, 0.2) is 11.6 Å². The molecule has 0 aromatic heterocycles. The lowest BCUT2D eigenvalue weighted by Gasteiger charge is -2.30. The van der Waals surface area contributed by atoms with Crippen molar-refractivity contribution < 1.29 is 42.1 Å². The van der Waals surface area contributed by atoms with Crippen LogP contribution in [0.3, 0.4) is 0 Å². The summed E-state index contributed by atoms with van der Waals surface area (Å²) in [7, 11) is 1.22. The van der Waals surface area contributed by atoms with Crippen molar-refractivity contribution in [2.75, 3.05) is 20.3 Å². The topological polar surface area (TPSA) is 97.1 Å². The number of hydrogen-bond donors (Lipinski definition) is 0. The molecule has 160 valence electrons. The van der Waals surface area contributed by atoms with Crippen LogP contribution >= 0.6 is 11.6 Å². The Hall–Kier alpha value is -2.53. The summed E-state index contributed by atoms with van der Waals surface area (Å²) in [5.74, 6) is -1.45. The molecular weight excluding hydrogens is 423 g/mol. The largest absolute Gasteiger partial charge is 0.475 e. The number of carbonyl (C=O) groups is 1. The normalized spacial score (nSPS) is 16.9. The Bertz CT molecular complexity index is 841. The molecule has 0 radical (unpaired) electrons. The maximum atomic E-state index is 13.5. The van der Waals surface area contributed by atoms with Gasteiger partial charge in [0.15, 0.2) is 0 Å². The first kappa shape index (κ1) is 22.8. The molecular formula is C17H17ClF3NO7. The van der Waals surface area contributed by atoms with Gasteiger partial charge in [0.25, 0.3) is 5.09 Å². The molecule has 29 heavy (non-hydrogen) atoms. The molecule has 1 aromatic rings. The van der Waals surface area contributed by atoms with Crippen LogP contribution in [0.25, 0.3) is 6.08 Å². The number of alkyl halides is 3. The number of nitrogens with zero attached hydrogens (tertiary/aromatic N) is 1. The third-order valence-corrected chi connectivity index (χ3v) is 4.63. The van der Waals surface area contributed by atoms with Crippen LogP contribution in [0.2, 0.25) is 5.02 Å². The molecule has 0 fully saturated rings. The highest BCUT2D eigenvalue weighted by Gasteiger charge is 2.49. The monoisotopic (exact) mass is 439 g/mol. The second-order valence-electron chi connectivity index (χ2n) is 6.19. The lowest BCUT2D eigenvalue weighted by atomic mass is 9.96. The highest BCUT2D eigenvalue weighted by Crippen LogP contribution is 2.41. The molecule has 2 rings (SSSR count). The number of methoxy groups -OCH3 is 1. The maximum Gasteiger partial charge on any atom is 0.430 e. The average molecular weight is 440 g/mol. The van der Waals surface area contributed by atoms with Gasteiger partial charge in [-0.3, -0.25) is 0 Å². The molecule has 12 heteroatoms. The number of aryl methyl sites for hydroxylation is 1. The third kappa shape index (κ3) is 5.30. The van der Waals surface area contributed by atoms with Crippen molar-refractivity contribution in [3.63, 3.8) is 0 Å². The number of ether oxygens (including phenoxy) is 3. The molecule has 0 bridgehead atoms. The smallest absolute Gasteiger partial charge is 0.430 e. The van der Waals surface area contributed by atoms with Gasteiger partial charge in [0, 0.05) is 17.7 Å². The minimum Gasteiger partial charge on any atom is -0.475 e. The Labute approximate surface area is 168 Å². The first-order valence-corrected chi connectivity index (χ1v) is 8.55. The Morgan fingerprint density at radius 1 is 1.38 bits per heavy atom. The van der Waals surface area contributed by atoms with Crippen molar-refractivity contribution in [3.05, 3.63) is 43.5 Å². The SMILES string of the molecule is COCC(CO[N+](=O)[O-])OC(=O)C1=Cc2c(cc(C)c(Cl)c2C)O[C@@H]1C(F)(F)F. The molecule has 0 saturated heterocycles. The Balaban J connectivity index is 2.41. The second kappa shape index (κ2) is 8.87. The number of fused-ring (bicyclic) bond motifs is 1. The molecule has 1 aromatic carbocycles. The van der Waals surface area contributed by atoms with Crippen LogP contribution in [0.1, 0.15) is 16.7 Å². The highest BCUT2D eigenvalue weighted by molar-refractivity contribution is 6.32. The zero-order chi connectivity index (χ0) is 21.9. The van der Waals surface area contributed by atoms with E-state index in [4.69, 9.17) is 25.8 Å². The minimum absolute atomic E-state index is 0.0756. The number of benzene rings is 1. The summed E-state index contributed by atoms with van der Waals surface area (Å²) in [5.41, 5.74) is 0.325. The van der Waals surface area contributed by atoms with E-state index in [2.05, 4.69) is 4.84 Å². The van der Waals surface area contributed by atoms with Gasteiger partial charge in [-0.1, -0.05) is 11.6 Å². The van der Waals surface area contributed by atoms with Gasteiger partial charge in [-0.25, -0.2) is 4.79 Å². The highest BCUT2D eigenvalue weighted by atomic mass is 35.5. The van der Waals surface area contributed by atoms with Gasteiger partial charge in [-0.05, 0) is 37.1 Å². The number of esters is 1. The third-order valence-electron chi connectivity index (χ3n) is 4.04.